The number of anilines is 5. The largest absolute Gasteiger partial charge is 0.394 e. The van der Waals surface area contributed by atoms with E-state index in [2.05, 4.69) is 50.0 Å². The first-order chi connectivity index (χ1) is 16.9. The zero-order chi connectivity index (χ0) is 25.2. The van der Waals surface area contributed by atoms with Gasteiger partial charge in [0, 0.05) is 42.6 Å². The van der Waals surface area contributed by atoms with E-state index in [4.69, 9.17) is 5.73 Å². The van der Waals surface area contributed by atoms with Crippen LogP contribution in [0.2, 0.25) is 0 Å². The third-order valence-corrected chi connectivity index (χ3v) is 5.44. The van der Waals surface area contributed by atoms with Crippen molar-refractivity contribution in [1.29, 1.82) is 0 Å². The number of carbonyl (C=O) groups is 2. The van der Waals surface area contributed by atoms with Crippen molar-refractivity contribution in [3.05, 3.63) is 65.9 Å². The summed E-state index contributed by atoms with van der Waals surface area (Å²) in [6.07, 6.45) is 1.50. The van der Waals surface area contributed by atoms with Gasteiger partial charge >= 0.3 is 0 Å². The van der Waals surface area contributed by atoms with Crippen molar-refractivity contribution in [3.63, 3.8) is 0 Å². The summed E-state index contributed by atoms with van der Waals surface area (Å²) in [5, 5.41) is 11.8. The second-order valence-corrected chi connectivity index (χ2v) is 7.77. The van der Waals surface area contributed by atoms with Crippen LogP contribution in [0.15, 0.2) is 54.7 Å². The average Bonchev–Trinajstić information content (AvgIpc) is 2.88. The van der Waals surface area contributed by atoms with E-state index in [-0.39, 0.29) is 11.8 Å². The molecule has 2 aromatic carbocycles. The molecule has 1 aromatic heterocycles. The molecule has 10 nitrogen and oxygen atoms in total. The van der Waals surface area contributed by atoms with Crippen LogP contribution >= 0.6 is 0 Å². The molecule has 0 spiro atoms. The monoisotopic (exact) mass is 476 g/mol. The van der Waals surface area contributed by atoms with Crippen LogP contribution in [-0.2, 0) is 0 Å². The fourth-order valence-corrected chi connectivity index (χ4v) is 3.37. The van der Waals surface area contributed by atoms with Gasteiger partial charge in [0.2, 0.25) is 5.95 Å². The third-order valence-electron chi connectivity index (χ3n) is 5.44. The molecule has 0 fully saturated rings. The van der Waals surface area contributed by atoms with Crippen molar-refractivity contribution in [2.75, 3.05) is 49.6 Å². The van der Waals surface area contributed by atoms with Gasteiger partial charge in [0.25, 0.3) is 11.8 Å². The number of carbonyl (C=O) groups excluding carboxylic acids is 2. The lowest BCUT2D eigenvalue weighted by Gasteiger charge is -2.18. The first-order valence-corrected chi connectivity index (χ1v) is 11.5. The second-order valence-electron chi connectivity index (χ2n) is 7.77. The summed E-state index contributed by atoms with van der Waals surface area (Å²) in [6.45, 7) is 7.54. The number of hydrogen-bond donors (Lipinski definition) is 5. The summed E-state index contributed by atoms with van der Waals surface area (Å²) in [4.78, 5) is 35.2. The van der Waals surface area contributed by atoms with E-state index in [1.165, 1.54) is 6.20 Å². The lowest BCUT2D eigenvalue weighted by atomic mass is 10.2. The summed E-state index contributed by atoms with van der Waals surface area (Å²) in [6, 6.07) is 14.1. The highest BCUT2D eigenvalue weighted by Crippen LogP contribution is 2.23. The van der Waals surface area contributed by atoms with Crippen molar-refractivity contribution in [1.82, 2.24) is 25.5 Å². The maximum absolute atomic E-state index is 12.4. The lowest BCUT2D eigenvalue weighted by molar-refractivity contribution is 0.0945. The minimum Gasteiger partial charge on any atom is -0.394 e. The Morgan fingerprint density at radius 2 is 1.69 bits per heavy atom. The van der Waals surface area contributed by atoms with E-state index >= 15 is 0 Å². The Bertz CT molecular complexity index is 1150. The van der Waals surface area contributed by atoms with Crippen LogP contribution in [0.1, 0.15) is 34.6 Å². The summed E-state index contributed by atoms with van der Waals surface area (Å²) in [5.74, 6) is 0.437. The first-order valence-electron chi connectivity index (χ1n) is 11.5. The number of benzene rings is 2. The van der Waals surface area contributed by atoms with Crippen LogP contribution in [-0.4, -0.2) is 59.9 Å². The van der Waals surface area contributed by atoms with Crippen molar-refractivity contribution >= 4 is 40.6 Å². The maximum atomic E-state index is 12.4. The van der Waals surface area contributed by atoms with Crippen LogP contribution in [0.25, 0.3) is 0 Å². The van der Waals surface area contributed by atoms with Gasteiger partial charge < -0.3 is 31.9 Å². The Hall–Kier alpha value is -4.18. The Morgan fingerprint density at radius 3 is 2.37 bits per heavy atom. The topological polar surface area (TPSA) is 137 Å². The normalized spacial score (nSPS) is 10.6. The van der Waals surface area contributed by atoms with Crippen molar-refractivity contribution in [2.45, 2.75) is 13.8 Å². The van der Waals surface area contributed by atoms with Crippen LogP contribution < -0.4 is 27.0 Å². The fraction of sp³-hybridized carbons (Fsp3) is 0.280. The number of nitrogen functional groups attached to an aromatic ring is 1. The van der Waals surface area contributed by atoms with Gasteiger partial charge in [-0.15, -0.1) is 0 Å². The molecule has 0 saturated heterocycles. The van der Waals surface area contributed by atoms with Crippen molar-refractivity contribution < 1.29 is 9.59 Å². The molecule has 0 atom stereocenters. The standard InChI is InChI=1S/C25H32N8O2/c1-4-33(5-2)14-13-28-24(35)17-9-11-19(12-10-17)31-25-29-16-21(26)22(32-25)30-20-8-6-7-18(15-20)23(34)27-3/h6-12,15-16H,4-5,13-14,26H2,1-3H3,(H,27,34)(H,28,35)(H2,29,30,31,32). The minimum atomic E-state index is -0.187. The molecule has 0 aliphatic rings. The molecule has 0 aliphatic heterocycles. The number of hydrogen-bond acceptors (Lipinski definition) is 8. The highest BCUT2D eigenvalue weighted by atomic mass is 16.2. The first kappa shape index (κ1) is 25.4. The SMILES string of the molecule is CCN(CC)CCNC(=O)c1ccc(Nc2ncc(N)c(Nc3cccc(C(=O)NC)c3)n2)cc1. The molecule has 2 amide bonds. The van der Waals surface area contributed by atoms with Gasteiger partial charge in [-0.2, -0.15) is 4.98 Å². The number of rotatable bonds is 11. The Morgan fingerprint density at radius 1 is 0.943 bits per heavy atom. The van der Waals surface area contributed by atoms with E-state index in [1.54, 1.807) is 49.5 Å². The van der Waals surface area contributed by atoms with E-state index < -0.39 is 0 Å². The summed E-state index contributed by atoms with van der Waals surface area (Å²) < 4.78 is 0. The number of aromatic nitrogens is 2. The number of likely N-dealkylation sites (N-methyl/N-ethyl adjacent to an activating group) is 1. The van der Waals surface area contributed by atoms with E-state index in [0.717, 1.165) is 25.3 Å². The Kier molecular flexibility index (Phi) is 8.96. The van der Waals surface area contributed by atoms with Gasteiger partial charge in [0.05, 0.1) is 11.9 Å². The number of nitrogens with two attached hydrogens (primary N) is 1. The molecule has 35 heavy (non-hydrogen) atoms. The zero-order valence-corrected chi connectivity index (χ0v) is 20.3. The van der Waals surface area contributed by atoms with Gasteiger partial charge in [-0.1, -0.05) is 19.9 Å². The van der Waals surface area contributed by atoms with Crippen LogP contribution in [0.3, 0.4) is 0 Å². The molecule has 3 rings (SSSR count). The zero-order valence-electron chi connectivity index (χ0n) is 20.3. The molecule has 0 saturated carbocycles. The predicted molar refractivity (Wildman–Crippen MR) is 139 cm³/mol. The maximum Gasteiger partial charge on any atom is 0.251 e. The van der Waals surface area contributed by atoms with Gasteiger partial charge in [-0.3, -0.25) is 9.59 Å². The molecule has 6 N–H and O–H groups in total. The van der Waals surface area contributed by atoms with Crippen LogP contribution in [0.4, 0.5) is 28.8 Å². The Balaban J connectivity index is 1.63. The molecule has 1 heterocycles. The molecule has 0 bridgehead atoms. The predicted octanol–water partition coefficient (Wildman–Crippen LogP) is 2.98. The van der Waals surface area contributed by atoms with Crippen LogP contribution in [0, 0.1) is 0 Å². The second kappa shape index (κ2) is 12.3. The van der Waals surface area contributed by atoms with Crippen molar-refractivity contribution in [2.24, 2.45) is 0 Å². The average molecular weight is 477 g/mol. The molecule has 3 aromatic rings. The van der Waals surface area contributed by atoms with Gasteiger partial charge in [-0.25, -0.2) is 4.98 Å². The van der Waals surface area contributed by atoms with E-state index in [9.17, 15) is 9.59 Å². The van der Waals surface area contributed by atoms with E-state index in [1.807, 2.05) is 6.07 Å². The molecule has 0 unspecified atom stereocenters. The molecule has 184 valence electrons. The summed E-state index contributed by atoms with van der Waals surface area (Å²) in [5.41, 5.74) is 8.88. The summed E-state index contributed by atoms with van der Waals surface area (Å²) in [7, 11) is 1.58. The number of nitrogens with zero attached hydrogens (tertiary/aromatic N) is 3. The lowest BCUT2D eigenvalue weighted by Crippen LogP contribution is -2.34. The van der Waals surface area contributed by atoms with Crippen LogP contribution in [0.5, 0.6) is 0 Å². The molecular formula is C25H32N8O2. The fourth-order valence-electron chi connectivity index (χ4n) is 3.37. The van der Waals surface area contributed by atoms with E-state index in [0.29, 0.717) is 40.8 Å². The third kappa shape index (κ3) is 7.15. The number of nitrogens with one attached hydrogen (secondary N) is 4. The van der Waals surface area contributed by atoms with Gasteiger partial charge in [-0.05, 0) is 55.6 Å². The molecular weight excluding hydrogens is 444 g/mol. The highest BCUT2D eigenvalue weighted by Gasteiger charge is 2.10. The summed E-state index contributed by atoms with van der Waals surface area (Å²) >= 11 is 0. The smallest absolute Gasteiger partial charge is 0.251 e. The quantitative estimate of drug-likeness (QED) is 0.285. The highest BCUT2D eigenvalue weighted by molar-refractivity contribution is 5.95. The minimum absolute atomic E-state index is 0.113. The Labute approximate surface area is 205 Å². The van der Waals surface area contributed by atoms with Gasteiger partial charge in [0.15, 0.2) is 5.82 Å². The van der Waals surface area contributed by atoms with Gasteiger partial charge in [0.1, 0.15) is 0 Å². The molecule has 10 heteroatoms. The van der Waals surface area contributed by atoms with Crippen molar-refractivity contribution in [3.8, 4) is 0 Å². The molecule has 0 aliphatic carbocycles. The molecule has 0 radical (unpaired) electrons. The number of amides is 2.